The number of guanidine groups is 1. The third-order valence-electron chi connectivity index (χ3n) is 4.66. The summed E-state index contributed by atoms with van der Waals surface area (Å²) in [5, 5.41) is 7.72. The van der Waals surface area contributed by atoms with Gasteiger partial charge in [0.05, 0.1) is 19.7 Å². The SMILES string of the molecule is CCNC(=NCc1ccccc1Cn1cccn1)N(C)CC1CCOC1. The summed E-state index contributed by atoms with van der Waals surface area (Å²) >= 11 is 0. The summed E-state index contributed by atoms with van der Waals surface area (Å²) in [6.45, 7) is 7.10. The lowest BCUT2D eigenvalue weighted by molar-refractivity contribution is 0.181. The highest BCUT2D eigenvalue weighted by Crippen LogP contribution is 2.14. The molecule has 0 amide bonds. The Morgan fingerprint density at radius 2 is 2.19 bits per heavy atom. The third kappa shape index (κ3) is 5.08. The Hall–Kier alpha value is -2.34. The van der Waals surface area contributed by atoms with Gasteiger partial charge in [-0.2, -0.15) is 5.10 Å². The van der Waals surface area contributed by atoms with Crippen molar-refractivity contribution >= 4 is 5.96 Å². The number of aliphatic imine (C=N–C) groups is 1. The van der Waals surface area contributed by atoms with Gasteiger partial charge < -0.3 is 15.0 Å². The maximum atomic E-state index is 5.50. The van der Waals surface area contributed by atoms with E-state index in [2.05, 4.69) is 53.6 Å². The van der Waals surface area contributed by atoms with Crippen molar-refractivity contribution in [2.24, 2.45) is 10.9 Å². The molecule has 2 aromatic rings. The average molecular weight is 355 g/mol. The first-order valence-corrected chi connectivity index (χ1v) is 9.37. The number of nitrogens with zero attached hydrogens (tertiary/aromatic N) is 4. The van der Waals surface area contributed by atoms with Gasteiger partial charge in [0.2, 0.25) is 0 Å². The highest BCUT2D eigenvalue weighted by molar-refractivity contribution is 5.79. The van der Waals surface area contributed by atoms with Gasteiger partial charge in [0.1, 0.15) is 0 Å². The second kappa shape index (κ2) is 9.38. The number of aromatic nitrogens is 2. The summed E-state index contributed by atoms with van der Waals surface area (Å²) in [6, 6.07) is 10.4. The van der Waals surface area contributed by atoms with Crippen LogP contribution in [0.15, 0.2) is 47.7 Å². The van der Waals surface area contributed by atoms with Crippen LogP contribution in [-0.2, 0) is 17.8 Å². The van der Waals surface area contributed by atoms with Crippen molar-refractivity contribution in [2.75, 3.05) is 33.4 Å². The van der Waals surface area contributed by atoms with E-state index >= 15 is 0 Å². The second-order valence-electron chi connectivity index (χ2n) is 6.75. The van der Waals surface area contributed by atoms with Crippen LogP contribution in [0.3, 0.4) is 0 Å². The highest BCUT2D eigenvalue weighted by Gasteiger charge is 2.19. The third-order valence-corrected chi connectivity index (χ3v) is 4.66. The topological polar surface area (TPSA) is 54.7 Å². The molecule has 1 saturated heterocycles. The fourth-order valence-corrected chi connectivity index (χ4v) is 3.27. The summed E-state index contributed by atoms with van der Waals surface area (Å²) in [5.74, 6) is 1.55. The Morgan fingerprint density at radius 1 is 1.35 bits per heavy atom. The van der Waals surface area contributed by atoms with Gasteiger partial charge in [0, 0.05) is 45.1 Å². The van der Waals surface area contributed by atoms with Gasteiger partial charge in [0.15, 0.2) is 5.96 Å². The minimum absolute atomic E-state index is 0.593. The Labute approximate surface area is 155 Å². The van der Waals surface area contributed by atoms with Crippen LogP contribution in [0.2, 0.25) is 0 Å². The summed E-state index contributed by atoms with van der Waals surface area (Å²) in [5.41, 5.74) is 2.48. The Morgan fingerprint density at radius 3 is 2.88 bits per heavy atom. The van der Waals surface area contributed by atoms with Crippen molar-refractivity contribution < 1.29 is 4.74 Å². The molecule has 0 spiro atoms. The monoisotopic (exact) mass is 355 g/mol. The fraction of sp³-hybridized carbons (Fsp3) is 0.500. The predicted molar refractivity (Wildman–Crippen MR) is 104 cm³/mol. The lowest BCUT2D eigenvalue weighted by Crippen LogP contribution is -2.41. The largest absolute Gasteiger partial charge is 0.381 e. The Bertz CT molecular complexity index is 692. The van der Waals surface area contributed by atoms with E-state index in [-0.39, 0.29) is 0 Å². The van der Waals surface area contributed by atoms with Gasteiger partial charge in [-0.15, -0.1) is 0 Å². The molecule has 1 N–H and O–H groups in total. The van der Waals surface area contributed by atoms with Crippen LogP contribution in [0.1, 0.15) is 24.5 Å². The number of hydrogen-bond acceptors (Lipinski definition) is 3. The normalized spacial score (nSPS) is 17.5. The van der Waals surface area contributed by atoms with Gasteiger partial charge in [0.25, 0.3) is 0 Å². The first-order chi connectivity index (χ1) is 12.8. The molecule has 2 heterocycles. The van der Waals surface area contributed by atoms with E-state index in [9.17, 15) is 0 Å². The molecule has 0 radical (unpaired) electrons. The number of hydrogen-bond donors (Lipinski definition) is 1. The van der Waals surface area contributed by atoms with E-state index in [4.69, 9.17) is 9.73 Å². The van der Waals surface area contributed by atoms with E-state index in [1.54, 1.807) is 0 Å². The van der Waals surface area contributed by atoms with Gasteiger partial charge >= 0.3 is 0 Å². The molecule has 1 aliphatic heterocycles. The van der Waals surface area contributed by atoms with Gasteiger partial charge in [-0.25, -0.2) is 4.99 Å². The van der Waals surface area contributed by atoms with Gasteiger partial charge in [-0.1, -0.05) is 24.3 Å². The maximum absolute atomic E-state index is 5.50. The van der Waals surface area contributed by atoms with E-state index in [0.29, 0.717) is 12.5 Å². The second-order valence-corrected chi connectivity index (χ2v) is 6.75. The van der Waals surface area contributed by atoms with Crippen LogP contribution in [0.25, 0.3) is 0 Å². The van der Waals surface area contributed by atoms with Crippen LogP contribution in [0.5, 0.6) is 0 Å². The summed E-state index contributed by atoms with van der Waals surface area (Å²) in [7, 11) is 2.11. The number of ether oxygens (including phenoxy) is 1. The molecule has 1 unspecified atom stereocenters. The molecule has 6 heteroatoms. The van der Waals surface area contributed by atoms with Crippen LogP contribution in [-0.4, -0.2) is 54.0 Å². The predicted octanol–water partition coefficient (Wildman–Crippen LogP) is 2.37. The molecule has 3 rings (SSSR count). The van der Waals surface area contributed by atoms with E-state index in [0.717, 1.165) is 45.2 Å². The van der Waals surface area contributed by atoms with Gasteiger partial charge in [-0.3, -0.25) is 4.68 Å². The van der Waals surface area contributed by atoms with Crippen LogP contribution in [0, 0.1) is 5.92 Å². The average Bonchev–Trinajstić information content (AvgIpc) is 3.34. The molecule has 1 atom stereocenters. The van der Waals surface area contributed by atoms with Crippen LogP contribution < -0.4 is 5.32 Å². The van der Waals surface area contributed by atoms with Crippen LogP contribution in [0.4, 0.5) is 0 Å². The zero-order chi connectivity index (χ0) is 18.2. The molecule has 1 fully saturated rings. The van der Waals surface area contributed by atoms with Crippen molar-refractivity contribution in [3.05, 3.63) is 53.9 Å². The molecule has 0 aliphatic carbocycles. The number of rotatable bonds is 7. The summed E-state index contributed by atoms with van der Waals surface area (Å²) < 4.78 is 7.44. The molecule has 26 heavy (non-hydrogen) atoms. The van der Waals surface area contributed by atoms with Crippen molar-refractivity contribution in [1.82, 2.24) is 20.0 Å². The number of nitrogens with one attached hydrogen (secondary N) is 1. The zero-order valence-electron chi connectivity index (χ0n) is 15.8. The molecule has 6 nitrogen and oxygen atoms in total. The lowest BCUT2D eigenvalue weighted by Gasteiger charge is -2.24. The van der Waals surface area contributed by atoms with Crippen molar-refractivity contribution in [2.45, 2.75) is 26.4 Å². The van der Waals surface area contributed by atoms with Crippen molar-refractivity contribution in [3.8, 4) is 0 Å². The zero-order valence-corrected chi connectivity index (χ0v) is 15.8. The highest BCUT2D eigenvalue weighted by atomic mass is 16.5. The molecule has 0 bridgehead atoms. The quantitative estimate of drug-likeness (QED) is 0.612. The van der Waals surface area contributed by atoms with Gasteiger partial charge in [-0.05, 0) is 30.5 Å². The first-order valence-electron chi connectivity index (χ1n) is 9.37. The molecule has 140 valence electrons. The molecular weight excluding hydrogens is 326 g/mol. The van der Waals surface area contributed by atoms with Crippen LogP contribution >= 0.6 is 0 Å². The maximum Gasteiger partial charge on any atom is 0.193 e. The number of benzene rings is 1. The summed E-state index contributed by atoms with van der Waals surface area (Å²) in [6.07, 6.45) is 4.93. The Kier molecular flexibility index (Phi) is 6.66. The standard InChI is InChI=1S/C20H29N5O/c1-3-21-20(24(2)14-17-9-12-26-16-17)22-13-18-7-4-5-8-19(18)15-25-11-6-10-23-25/h4-8,10-11,17H,3,9,12-16H2,1-2H3,(H,21,22). The molecule has 1 aliphatic rings. The van der Waals surface area contributed by atoms with E-state index < -0.39 is 0 Å². The summed E-state index contributed by atoms with van der Waals surface area (Å²) in [4.78, 5) is 7.10. The van der Waals surface area contributed by atoms with E-state index in [1.807, 2.05) is 23.1 Å². The van der Waals surface area contributed by atoms with Crippen molar-refractivity contribution in [1.29, 1.82) is 0 Å². The minimum atomic E-state index is 0.593. The fourth-order valence-electron chi connectivity index (χ4n) is 3.27. The van der Waals surface area contributed by atoms with E-state index in [1.165, 1.54) is 11.1 Å². The molecule has 1 aromatic carbocycles. The Balaban J connectivity index is 1.68. The first kappa shape index (κ1) is 18.5. The minimum Gasteiger partial charge on any atom is -0.381 e. The lowest BCUT2D eigenvalue weighted by atomic mass is 10.1. The van der Waals surface area contributed by atoms with Crippen molar-refractivity contribution in [3.63, 3.8) is 0 Å². The molecular formula is C20H29N5O. The smallest absolute Gasteiger partial charge is 0.193 e. The molecule has 0 saturated carbocycles. The molecule has 1 aromatic heterocycles.